The number of rotatable bonds is 3. The molecular weight excluding hydrogens is 202 g/mol. The van der Waals surface area contributed by atoms with Gasteiger partial charge in [-0.3, -0.25) is 4.79 Å². The highest BCUT2D eigenvalue weighted by Gasteiger charge is 2.40. The van der Waals surface area contributed by atoms with E-state index in [1.165, 1.54) is 4.90 Å². The first-order valence-electron chi connectivity index (χ1n) is 5.14. The molecule has 1 heterocycles. The molecule has 0 bridgehead atoms. The molecule has 5 heteroatoms. The molecule has 88 valence electrons. The summed E-state index contributed by atoms with van der Waals surface area (Å²) >= 11 is 0. The molecule has 0 aromatic rings. The summed E-state index contributed by atoms with van der Waals surface area (Å²) in [4.78, 5) is 12.7. The largest absolute Gasteiger partial charge is 0.336 e. The lowest BCUT2D eigenvalue weighted by Crippen LogP contribution is -2.36. The van der Waals surface area contributed by atoms with Gasteiger partial charge in [-0.05, 0) is 20.3 Å². The molecular formula is C10H18F2N2O. The fourth-order valence-corrected chi connectivity index (χ4v) is 1.54. The highest BCUT2D eigenvalue weighted by atomic mass is 19.3. The Balaban J connectivity index is 2.37. The van der Waals surface area contributed by atoms with Crippen LogP contribution in [-0.2, 0) is 4.79 Å². The van der Waals surface area contributed by atoms with Crippen molar-refractivity contribution in [2.24, 2.45) is 5.73 Å². The van der Waals surface area contributed by atoms with Gasteiger partial charge in [-0.25, -0.2) is 8.78 Å². The van der Waals surface area contributed by atoms with Gasteiger partial charge in [-0.15, -0.1) is 0 Å². The lowest BCUT2D eigenvalue weighted by Gasteiger charge is -2.21. The van der Waals surface area contributed by atoms with Crippen molar-refractivity contribution in [1.29, 1.82) is 0 Å². The maximum atomic E-state index is 12.8. The molecule has 1 amide bonds. The van der Waals surface area contributed by atoms with Gasteiger partial charge < -0.3 is 10.6 Å². The van der Waals surface area contributed by atoms with Crippen LogP contribution >= 0.6 is 0 Å². The Morgan fingerprint density at radius 2 is 2.13 bits per heavy atom. The summed E-state index contributed by atoms with van der Waals surface area (Å²) in [6.45, 7) is 3.37. The van der Waals surface area contributed by atoms with Crippen molar-refractivity contribution in [2.75, 3.05) is 13.1 Å². The van der Waals surface area contributed by atoms with E-state index in [1.54, 1.807) is 0 Å². The van der Waals surface area contributed by atoms with E-state index in [4.69, 9.17) is 5.73 Å². The first-order valence-corrected chi connectivity index (χ1v) is 5.14. The predicted molar refractivity (Wildman–Crippen MR) is 53.6 cm³/mol. The Labute approximate surface area is 88.6 Å². The van der Waals surface area contributed by atoms with Crippen molar-refractivity contribution in [1.82, 2.24) is 4.90 Å². The number of carbonyl (C=O) groups is 1. The number of amides is 1. The summed E-state index contributed by atoms with van der Waals surface area (Å²) in [6, 6.07) is 0. The third-order valence-electron chi connectivity index (χ3n) is 2.51. The van der Waals surface area contributed by atoms with E-state index >= 15 is 0 Å². The van der Waals surface area contributed by atoms with Crippen LogP contribution in [0, 0.1) is 0 Å². The van der Waals surface area contributed by atoms with Gasteiger partial charge in [-0.2, -0.15) is 0 Å². The molecule has 1 aliphatic rings. The molecule has 0 aromatic carbocycles. The van der Waals surface area contributed by atoms with Crippen LogP contribution in [0.15, 0.2) is 0 Å². The van der Waals surface area contributed by atoms with E-state index in [9.17, 15) is 13.6 Å². The smallest absolute Gasteiger partial charge is 0.267 e. The predicted octanol–water partition coefficient (Wildman–Crippen LogP) is 1.37. The van der Waals surface area contributed by atoms with Gasteiger partial charge in [0.2, 0.25) is 5.91 Å². The van der Waals surface area contributed by atoms with Crippen LogP contribution in [0.5, 0.6) is 0 Å². The standard InChI is InChI=1S/C10H18F2N2O/c1-9(2,13)4-3-8(15)14-6-5-10(11,12)7-14/h3-7,13H2,1-2H3. The SMILES string of the molecule is CC(C)(N)CCC(=O)N1CCC(F)(F)C1. The summed E-state index contributed by atoms with van der Waals surface area (Å²) in [5, 5.41) is 0. The second-order valence-corrected chi connectivity index (χ2v) is 4.91. The summed E-state index contributed by atoms with van der Waals surface area (Å²) in [5.41, 5.74) is 5.30. The summed E-state index contributed by atoms with van der Waals surface area (Å²) in [7, 11) is 0. The third kappa shape index (κ3) is 4.11. The molecule has 1 saturated heterocycles. The summed E-state index contributed by atoms with van der Waals surface area (Å²) < 4.78 is 25.6. The van der Waals surface area contributed by atoms with Crippen LogP contribution < -0.4 is 5.73 Å². The van der Waals surface area contributed by atoms with Crippen LogP contribution in [0.4, 0.5) is 8.78 Å². The van der Waals surface area contributed by atoms with Crippen LogP contribution in [-0.4, -0.2) is 35.4 Å². The zero-order chi connectivity index (χ0) is 11.7. The van der Waals surface area contributed by atoms with Crippen molar-refractivity contribution >= 4 is 5.91 Å². The third-order valence-corrected chi connectivity index (χ3v) is 2.51. The molecule has 3 nitrogen and oxygen atoms in total. The molecule has 0 saturated carbocycles. The van der Waals surface area contributed by atoms with Crippen LogP contribution in [0.2, 0.25) is 0 Å². The van der Waals surface area contributed by atoms with Crippen molar-refractivity contribution < 1.29 is 13.6 Å². The number of nitrogens with zero attached hydrogens (tertiary/aromatic N) is 1. The lowest BCUT2D eigenvalue weighted by molar-refractivity contribution is -0.132. The van der Waals surface area contributed by atoms with Crippen molar-refractivity contribution in [3.8, 4) is 0 Å². The minimum atomic E-state index is -2.70. The number of hydrogen-bond acceptors (Lipinski definition) is 2. The van der Waals surface area contributed by atoms with Crippen molar-refractivity contribution in [2.45, 2.75) is 44.6 Å². The number of likely N-dealkylation sites (tertiary alicyclic amines) is 1. The first-order chi connectivity index (χ1) is 6.70. The lowest BCUT2D eigenvalue weighted by atomic mass is 10.00. The fraction of sp³-hybridized carbons (Fsp3) is 0.900. The Bertz CT molecular complexity index is 248. The molecule has 0 aliphatic carbocycles. The molecule has 0 unspecified atom stereocenters. The number of hydrogen-bond donors (Lipinski definition) is 1. The Morgan fingerprint density at radius 3 is 2.53 bits per heavy atom. The molecule has 0 spiro atoms. The maximum absolute atomic E-state index is 12.8. The first kappa shape index (κ1) is 12.4. The van der Waals surface area contributed by atoms with Gasteiger partial charge in [0, 0.05) is 24.9 Å². The van der Waals surface area contributed by atoms with Gasteiger partial charge >= 0.3 is 0 Å². The summed E-state index contributed by atoms with van der Waals surface area (Å²) in [6.07, 6.45) is 0.554. The van der Waals surface area contributed by atoms with Crippen LogP contribution in [0.25, 0.3) is 0 Å². The minimum absolute atomic E-state index is 0.164. The topological polar surface area (TPSA) is 46.3 Å². The van der Waals surface area contributed by atoms with E-state index in [-0.39, 0.29) is 25.3 Å². The van der Waals surface area contributed by atoms with E-state index in [0.717, 1.165) is 0 Å². The Morgan fingerprint density at radius 1 is 1.53 bits per heavy atom. The number of nitrogens with two attached hydrogens (primary N) is 1. The number of carbonyl (C=O) groups excluding carboxylic acids is 1. The zero-order valence-corrected chi connectivity index (χ0v) is 9.22. The molecule has 0 aromatic heterocycles. The van der Waals surface area contributed by atoms with Crippen molar-refractivity contribution in [3.63, 3.8) is 0 Å². The Hall–Kier alpha value is -0.710. The molecule has 0 atom stereocenters. The molecule has 0 radical (unpaired) electrons. The highest BCUT2D eigenvalue weighted by Crippen LogP contribution is 2.27. The fourth-order valence-electron chi connectivity index (χ4n) is 1.54. The van der Waals surface area contributed by atoms with Gasteiger partial charge in [0.25, 0.3) is 5.92 Å². The summed E-state index contributed by atoms with van der Waals surface area (Å²) in [5.74, 6) is -2.92. The van der Waals surface area contributed by atoms with E-state index in [2.05, 4.69) is 0 Å². The van der Waals surface area contributed by atoms with E-state index in [0.29, 0.717) is 6.42 Å². The minimum Gasteiger partial charge on any atom is -0.336 e. The van der Waals surface area contributed by atoms with Crippen molar-refractivity contribution in [3.05, 3.63) is 0 Å². The Kier molecular flexibility index (Phi) is 3.33. The zero-order valence-electron chi connectivity index (χ0n) is 9.22. The number of halogens is 2. The van der Waals surface area contributed by atoms with E-state index < -0.39 is 18.0 Å². The average Bonchev–Trinajstić information content (AvgIpc) is 2.40. The van der Waals surface area contributed by atoms with Gasteiger partial charge in [0.1, 0.15) is 0 Å². The van der Waals surface area contributed by atoms with E-state index in [1.807, 2.05) is 13.8 Å². The second-order valence-electron chi connectivity index (χ2n) is 4.91. The average molecular weight is 220 g/mol. The van der Waals surface area contributed by atoms with Gasteiger partial charge in [0.15, 0.2) is 0 Å². The van der Waals surface area contributed by atoms with Gasteiger partial charge in [-0.1, -0.05) is 0 Å². The second kappa shape index (κ2) is 4.04. The monoisotopic (exact) mass is 220 g/mol. The maximum Gasteiger partial charge on any atom is 0.267 e. The van der Waals surface area contributed by atoms with Gasteiger partial charge in [0.05, 0.1) is 6.54 Å². The molecule has 1 aliphatic heterocycles. The quantitative estimate of drug-likeness (QED) is 0.780. The number of alkyl halides is 2. The molecule has 15 heavy (non-hydrogen) atoms. The van der Waals surface area contributed by atoms with Crippen LogP contribution in [0.3, 0.4) is 0 Å². The normalized spacial score (nSPS) is 20.7. The molecule has 1 fully saturated rings. The molecule has 1 rings (SSSR count). The highest BCUT2D eigenvalue weighted by molar-refractivity contribution is 5.76. The van der Waals surface area contributed by atoms with Crippen LogP contribution in [0.1, 0.15) is 33.1 Å². The molecule has 2 N–H and O–H groups in total.